The van der Waals surface area contributed by atoms with E-state index in [1.807, 2.05) is 11.0 Å². The van der Waals surface area contributed by atoms with E-state index in [1.165, 1.54) is 24.0 Å². The summed E-state index contributed by atoms with van der Waals surface area (Å²) in [7, 11) is 0. The maximum atomic E-state index is 13.0. The van der Waals surface area contributed by atoms with Crippen molar-refractivity contribution in [2.24, 2.45) is 0 Å². The van der Waals surface area contributed by atoms with Gasteiger partial charge in [0.25, 0.3) is 5.91 Å². The highest BCUT2D eigenvalue weighted by molar-refractivity contribution is 5.92. The van der Waals surface area contributed by atoms with E-state index in [0.29, 0.717) is 18.2 Å². The molecule has 134 valence electrons. The summed E-state index contributed by atoms with van der Waals surface area (Å²) in [4.78, 5) is 14.9. The van der Waals surface area contributed by atoms with Gasteiger partial charge in [-0.3, -0.25) is 9.89 Å². The molecule has 25 heavy (non-hydrogen) atoms. The van der Waals surface area contributed by atoms with Crippen LogP contribution in [0.5, 0.6) is 0 Å². The summed E-state index contributed by atoms with van der Waals surface area (Å²) in [6, 6.07) is 10.6. The van der Waals surface area contributed by atoms with Crippen LogP contribution in [0.3, 0.4) is 0 Å². The fourth-order valence-corrected chi connectivity index (χ4v) is 3.42. The normalized spacial score (nSPS) is 20.2. The second-order valence-electron chi connectivity index (χ2n) is 6.80. The molecule has 1 aromatic heterocycles. The van der Waals surface area contributed by atoms with Crippen molar-refractivity contribution in [1.29, 1.82) is 0 Å². The summed E-state index contributed by atoms with van der Waals surface area (Å²) in [5, 5.41) is 10.7. The summed E-state index contributed by atoms with van der Waals surface area (Å²) in [6.07, 6.45) is 3.44. The monoisotopic (exact) mass is 360 g/mol. The lowest BCUT2D eigenvalue weighted by atomic mass is 10.0. The number of rotatable bonds is 4. The van der Waals surface area contributed by atoms with Gasteiger partial charge in [0.2, 0.25) is 0 Å². The second kappa shape index (κ2) is 7.58. The van der Waals surface area contributed by atoms with Gasteiger partial charge in [-0.2, -0.15) is 5.10 Å². The molecule has 0 spiro atoms. The van der Waals surface area contributed by atoms with E-state index >= 15 is 0 Å². The Balaban J connectivity index is 0.00000182. The van der Waals surface area contributed by atoms with Gasteiger partial charge in [0.15, 0.2) is 0 Å². The summed E-state index contributed by atoms with van der Waals surface area (Å²) in [5.74, 6) is 0.615. The van der Waals surface area contributed by atoms with E-state index in [1.54, 1.807) is 0 Å². The molecular weight excluding hydrogens is 336 g/mol. The molecule has 2 heterocycles. The average Bonchev–Trinajstić information content (AvgIpc) is 3.38. The van der Waals surface area contributed by atoms with Gasteiger partial charge in [-0.1, -0.05) is 31.2 Å². The third kappa shape index (κ3) is 3.72. The molecule has 1 saturated carbocycles. The third-order valence-corrected chi connectivity index (χ3v) is 5.11. The van der Waals surface area contributed by atoms with Crippen LogP contribution < -0.4 is 5.32 Å². The van der Waals surface area contributed by atoms with Crippen molar-refractivity contribution in [3.8, 4) is 0 Å². The lowest BCUT2D eigenvalue weighted by molar-refractivity contribution is 0.0628. The molecule has 2 aliphatic rings. The molecule has 1 aliphatic carbocycles. The van der Waals surface area contributed by atoms with Crippen LogP contribution in [-0.2, 0) is 6.42 Å². The van der Waals surface area contributed by atoms with Crippen molar-refractivity contribution in [2.75, 3.05) is 19.6 Å². The van der Waals surface area contributed by atoms with E-state index in [2.05, 4.69) is 46.7 Å². The van der Waals surface area contributed by atoms with Crippen molar-refractivity contribution in [3.63, 3.8) is 0 Å². The minimum atomic E-state index is 0. The first kappa shape index (κ1) is 18.0. The first-order valence-corrected chi connectivity index (χ1v) is 8.92. The number of piperazine rings is 1. The maximum Gasteiger partial charge on any atom is 0.274 e. The highest BCUT2D eigenvalue weighted by atomic mass is 35.5. The standard InChI is InChI=1S/C19H24N4O.ClH/c1-2-13-3-5-15(6-4-13)18-12-20-9-10-23(18)19(24)17-11-16(21-22-17)14-7-8-14;/h3-6,11,14,18,20H,2,7-10,12H2,1H3,(H,21,22);1H. The maximum absolute atomic E-state index is 13.0. The van der Waals surface area contributed by atoms with Gasteiger partial charge < -0.3 is 10.2 Å². The van der Waals surface area contributed by atoms with Crippen LogP contribution in [-0.4, -0.2) is 40.6 Å². The fraction of sp³-hybridized carbons (Fsp3) is 0.474. The first-order valence-electron chi connectivity index (χ1n) is 8.92. The molecule has 1 aliphatic heterocycles. The van der Waals surface area contributed by atoms with Crippen LogP contribution in [0.1, 0.15) is 59.0 Å². The molecule has 4 rings (SSSR count). The van der Waals surface area contributed by atoms with Crippen LogP contribution in [0.2, 0.25) is 0 Å². The van der Waals surface area contributed by atoms with Gasteiger partial charge in [-0.05, 0) is 36.5 Å². The third-order valence-electron chi connectivity index (χ3n) is 5.11. The quantitative estimate of drug-likeness (QED) is 0.880. The van der Waals surface area contributed by atoms with Gasteiger partial charge >= 0.3 is 0 Å². The smallest absolute Gasteiger partial charge is 0.274 e. The minimum Gasteiger partial charge on any atom is -0.328 e. The summed E-state index contributed by atoms with van der Waals surface area (Å²) in [6.45, 7) is 4.49. The molecule has 1 aromatic carbocycles. The Kier molecular flexibility index (Phi) is 5.45. The minimum absolute atomic E-state index is 0. The molecular formula is C19H25ClN4O. The largest absolute Gasteiger partial charge is 0.328 e. The Morgan fingerprint density at radius 2 is 2.04 bits per heavy atom. The molecule has 6 heteroatoms. The molecule has 2 N–H and O–H groups in total. The summed E-state index contributed by atoms with van der Waals surface area (Å²) < 4.78 is 0. The Bertz CT molecular complexity index is 723. The van der Waals surface area contributed by atoms with Crippen molar-refractivity contribution < 1.29 is 4.79 Å². The lowest BCUT2D eigenvalue weighted by Crippen LogP contribution is -2.48. The van der Waals surface area contributed by atoms with E-state index in [9.17, 15) is 4.79 Å². The average molecular weight is 361 g/mol. The van der Waals surface area contributed by atoms with E-state index in [-0.39, 0.29) is 24.4 Å². The number of nitrogens with one attached hydrogen (secondary N) is 2. The number of carbonyl (C=O) groups is 1. The number of aromatic amines is 1. The van der Waals surface area contributed by atoms with E-state index < -0.39 is 0 Å². The van der Waals surface area contributed by atoms with Crippen molar-refractivity contribution in [2.45, 2.75) is 38.1 Å². The Morgan fingerprint density at radius 1 is 1.28 bits per heavy atom. The van der Waals surface area contributed by atoms with Crippen molar-refractivity contribution in [1.82, 2.24) is 20.4 Å². The van der Waals surface area contributed by atoms with Crippen LogP contribution in [0.4, 0.5) is 0 Å². The van der Waals surface area contributed by atoms with Crippen molar-refractivity contribution in [3.05, 3.63) is 52.8 Å². The van der Waals surface area contributed by atoms with Gasteiger partial charge in [0.1, 0.15) is 5.69 Å². The second-order valence-corrected chi connectivity index (χ2v) is 6.80. The summed E-state index contributed by atoms with van der Waals surface area (Å²) >= 11 is 0. The zero-order valence-electron chi connectivity index (χ0n) is 14.5. The topological polar surface area (TPSA) is 61.0 Å². The molecule has 1 amide bonds. The number of H-pyrrole nitrogens is 1. The predicted molar refractivity (Wildman–Crippen MR) is 100 cm³/mol. The number of aromatic nitrogens is 2. The Morgan fingerprint density at radius 3 is 2.72 bits per heavy atom. The number of benzene rings is 1. The zero-order valence-corrected chi connectivity index (χ0v) is 15.3. The van der Waals surface area contributed by atoms with Gasteiger partial charge in [-0.25, -0.2) is 0 Å². The number of amides is 1. The number of carbonyl (C=O) groups excluding carboxylic acids is 1. The SMILES string of the molecule is CCc1ccc(C2CNCCN2C(=O)c2cc(C3CC3)[nH]n2)cc1.Cl. The Hall–Kier alpha value is -1.85. The van der Waals surface area contributed by atoms with Gasteiger partial charge in [0, 0.05) is 31.2 Å². The fourth-order valence-electron chi connectivity index (χ4n) is 3.42. The highest BCUT2D eigenvalue weighted by Crippen LogP contribution is 2.39. The van der Waals surface area contributed by atoms with Gasteiger partial charge in [-0.15, -0.1) is 12.4 Å². The molecule has 1 saturated heterocycles. The molecule has 0 radical (unpaired) electrons. The first-order chi connectivity index (χ1) is 11.8. The lowest BCUT2D eigenvalue weighted by Gasteiger charge is -2.36. The number of nitrogens with zero attached hydrogens (tertiary/aromatic N) is 2. The van der Waals surface area contributed by atoms with Crippen LogP contribution in [0, 0.1) is 0 Å². The van der Waals surface area contributed by atoms with Crippen LogP contribution in [0.25, 0.3) is 0 Å². The van der Waals surface area contributed by atoms with E-state index in [4.69, 9.17) is 0 Å². The van der Waals surface area contributed by atoms with Gasteiger partial charge in [0.05, 0.1) is 6.04 Å². The molecule has 0 bridgehead atoms. The summed E-state index contributed by atoms with van der Waals surface area (Å²) in [5.41, 5.74) is 4.17. The van der Waals surface area contributed by atoms with Crippen LogP contribution in [0.15, 0.2) is 30.3 Å². The number of aryl methyl sites for hydroxylation is 1. The molecule has 2 aromatic rings. The zero-order chi connectivity index (χ0) is 16.5. The number of hydrogen-bond acceptors (Lipinski definition) is 3. The predicted octanol–water partition coefficient (Wildman–Crippen LogP) is 3.06. The van der Waals surface area contributed by atoms with Crippen molar-refractivity contribution >= 4 is 18.3 Å². The van der Waals surface area contributed by atoms with Crippen LogP contribution >= 0.6 is 12.4 Å². The molecule has 2 fully saturated rings. The Labute approximate surface area is 154 Å². The molecule has 5 nitrogen and oxygen atoms in total. The number of halogens is 1. The van der Waals surface area contributed by atoms with E-state index in [0.717, 1.165) is 25.2 Å². The number of hydrogen-bond donors (Lipinski definition) is 2. The molecule has 1 unspecified atom stereocenters. The highest BCUT2D eigenvalue weighted by Gasteiger charge is 2.31. The molecule has 1 atom stereocenters.